The van der Waals surface area contributed by atoms with Crippen LogP contribution >= 0.6 is 11.8 Å². The SMILES string of the molecule is CNC(C)(CO)CCCCSc1nnc(C)n1C. The monoisotopic (exact) mass is 272 g/mol. The zero-order valence-electron chi connectivity index (χ0n) is 11.7. The number of hydrogen-bond donors (Lipinski definition) is 2. The topological polar surface area (TPSA) is 63.0 Å². The number of aromatic nitrogens is 3. The zero-order valence-corrected chi connectivity index (χ0v) is 12.5. The fourth-order valence-corrected chi connectivity index (χ4v) is 2.53. The van der Waals surface area contributed by atoms with Gasteiger partial charge in [0, 0.05) is 18.3 Å². The standard InChI is InChI=1S/C12H24N4OS/c1-10-14-15-11(16(10)4)18-8-6-5-7-12(2,9-17)13-3/h13,17H,5-9H2,1-4H3. The number of aryl methyl sites for hydroxylation is 1. The molecule has 5 nitrogen and oxygen atoms in total. The highest BCUT2D eigenvalue weighted by molar-refractivity contribution is 7.99. The van der Waals surface area contributed by atoms with Crippen molar-refractivity contribution in [3.05, 3.63) is 5.82 Å². The first-order chi connectivity index (χ1) is 8.52. The highest BCUT2D eigenvalue weighted by atomic mass is 32.2. The summed E-state index contributed by atoms with van der Waals surface area (Å²) >= 11 is 1.74. The van der Waals surface area contributed by atoms with E-state index in [1.807, 2.05) is 32.5 Å². The molecule has 18 heavy (non-hydrogen) atoms. The molecule has 6 heteroatoms. The van der Waals surface area contributed by atoms with Gasteiger partial charge in [0.25, 0.3) is 0 Å². The summed E-state index contributed by atoms with van der Waals surface area (Å²) in [6, 6.07) is 0. The molecule has 0 aliphatic rings. The molecule has 0 fully saturated rings. The summed E-state index contributed by atoms with van der Waals surface area (Å²) < 4.78 is 2.01. The lowest BCUT2D eigenvalue weighted by atomic mass is 9.96. The quantitative estimate of drug-likeness (QED) is 0.552. The smallest absolute Gasteiger partial charge is 0.190 e. The summed E-state index contributed by atoms with van der Waals surface area (Å²) in [5, 5.41) is 21.6. The number of hydrogen-bond acceptors (Lipinski definition) is 5. The molecule has 104 valence electrons. The number of unbranched alkanes of at least 4 members (excludes halogenated alkanes) is 1. The maximum absolute atomic E-state index is 9.27. The molecule has 1 rings (SSSR count). The van der Waals surface area contributed by atoms with E-state index in [0.29, 0.717) is 0 Å². The van der Waals surface area contributed by atoms with Crippen molar-refractivity contribution in [1.82, 2.24) is 20.1 Å². The minimum absolute atomic E-state index is 0.147. The molecular weight excluding hydrogens is 248 g/mol. The number of thioether (sulfide) groups is 1. The molecule has 1 atom stereocenters. The second kappa shape index (κ2) is 7.11. The molecule has 0 saturated heterocycles. The molecule has 0 spiro atoms. The number of nitrogens with one attached hydrogen (secondary N) is 1. The molecule has 1 heterocycles. The van der Waals surface area contributed by atoms with E-state index in [9.17, 15) is 5.11 Å². The van der Waals surface area contributed by atoms with Crippen LogP contribution in [0.2, 0.25) is 0 Å². The average molecular weight is 272 g/mol. The van der Waals surface area contributed by atoms with Gasteiger partial charge >= 0.3 is 0 Å². The number of likely N-dealkylation sites (N-methyl/N-ethyl adjacent to an activating group) is 1. The van der Waals surface area contributed by atoms with Crippen molar-refractivity contribution in [1.29, 1.82) is 0 Å². The van der Waals surface area contributed by atoms with Crippen molar-refractivity contribution < 1.29 is 5.11 Å². The Labute approximate surface area is 113 Å². The van der Waals surface area contributed by atoms with Gasteiger partial charge < -0.3 is 15.0 Å². The average Bonchev–Trinajstić information content (AvgIpc) is 2.70. The lowest BCUT2D eigenvalue weighted by Crippen LogP contribution is -2.43. The van der Waals surface area contributed by atoms with Crippen molar-refractivity contribution in [3.63, 3.8) is 0 Å². The van der Waals surface area contributed by atoms with Crippen LogP contribution in [-0.4, -0.2) is 44.8 Å². The highest BCUT2D eigenvalue weighted by Gasteiger charge is 2.19. The molecule has 0 aliphatic carbocycles. The molecule has 0 amide bonds. The first-order valence-electron chi connectivity index (χ1n) is 6.31. The van der Waals surface area contributed by atoms with Crippen LogP contribution in [0, 0.1) is 6.92 Å². The Kier molecular flexibility index (Phi) is 6.11. The van der Waals surface area contributed by atoms with Gasteiger partial charge in [0.05, 0.1) is 6.61 Å². The van der Waals surface area contributed by atoms with E-state index in [2.05, 4.69) is 15.5 Å². The van der Waals surface area contributed by atoms with E-state index in [-0.39, 0.29) is 12.1 Å². The minimum atomic E-state index is -0.147. The Morgan fingerprint density at radius 3 is 2.61 bits per heavy atom. The predicted molar refractivity (Wildman–Crippen MR) is 74.9 cm³/mol. The number of aliphatic hydroxyl groups is 1. The first-order valence-corrected chi connectivity index (χ1v) is 7.29. The van der Waals surface area contributed by atoms with Crippen molar-refractivity contribution >= 4 is 11.8 Å². The third-order valence-electron chi connectivity index (χ3n) is 3.36. The molecule has 1 unspecified atom stereocenters. The van der Waals surface area contributed by atoms with Crippen LogP contribution in [0.25, 0.3) is 0 Å². The summed E-state index contributed by atoms with van der Waals surface area (Å²) in [6.45, 7) is 4.18. The Balaban J connectivity index is 2.22. The fourth-order valence-electron chi connectivity index (χ4n) is 1.58. The van der Waals surface area contributed by atoms with Gasteiger partial charge in [0.15, 0.2) is 5.16 Å². The fraction of sp³-hybridized carbons (Fsp3) is 0.833. The molecule has 1 aromatic heterocycles. The summed E-state index contributed by atoms with van der Waals surface area (Å²) in [5.41, 5.74) is -0.147. The van der Waals surface area contributed by atoms with Crippen LogP contribution in [0.15, 0.2) is 5.16 Å². The van der Waals surface area contributed by atoms with Gasteiger partial charge in [-0.3, -0.25) is 0 Å². The summed E-state index contributed by atoms with van der Waals surface area (Å²) in [4.78, 5) is 0. The van der Waals surface area contributed by atoms with Crippen LogP contribution in [0.3, 0.4) is 0 Å². The number of rotatable bonds is 8. The summed E-state index contributed by atoms with van der Waals surface area (Å²) in [6.07, 6.45) is 3.20. The van der Waals surface area contributed by atoms with Crippen molar-refractivity contribution in [2.24, 2.45) is 7.05 Å². The highest BCUT2D eigenvalue weighted by Crippen LogP contribution is 2.19. The molecular formula is C12H24N4OS. The molecule has 0 saturated carbocycles. The lowest BCUT2D eigenvalue weighted by molar-refractivity contribution is 0.171. The molecule has 0 aromatic carbocycles. The molecule has 1 aromatic rings. The normalized spacial score (nSPS) is 14.7. The molecule has 0 aliphatic heterocycles. The maximum atomic E-state index is 9.27. The molecule has 2 N–H and O–H groups in total. The van der Waals surface area contributed by atoms with Crippen LogP contribution in [0.5, 0.6) is 0 Å². The zero-order chi connectivity index (χ0) is 13.6. The third-order valence-corrected chi connectivity index (χ3v) is 4.47. The summed E-state index contributed by atoms with van der Waals surface area (Å²) in [7, 11) is 3.88. The van der Waals surface area contributed by atoms with Gasteiger partial charge in [-0.15, -0.1) is 10.2 Å². The van der Waals surface area contributed by atoms with Crippen LogP contribution < -0.4 is 5.32 Å². The molecule has 0 bridgehead atoms. The first kappa shape index (κ1) is 15.5. The van der Waals surface area contributed by atoms with Crippen molar-refractivity contribution in [2.75, 3.05) is 19.4 Å². The largest absolute Gasteiger partial charge is 0.394 e. The molecule has 0 radical (unpaired) electrons. The van der Waals surface area contributed by atoms with E-state index in [1.54, 1.807) is 11.8 Å². The predicted octanol–water partition coefficient (Wildman–Crippen LogP) is 1.36. The second-order valence-corrected chi connectivity index (χ2v) is 5.93. The van der Waals surface area contributed by atoms with Gasteiger partial charge in [-0.05, 0) is 33.7 Å². The minimum Gasteiger partial charge on any atom is -0.394 e. The second-order valence-electron chi connectivity index (χ2n) is 4.86. The Bertz CT molecular complexity index is 363. The van der Waals surface area contributed by atoms with Gasteiger partial charge in [-0.25, -0.2) is 0 Å². The van der Waals surface area contributed by atoms with Crippen LogP contribution in [0.1, 0.15) is 32.0 Å². The van der Waals surface area contributed by atoms with Gasteiger partial charge in [-0.2, -0.15) is 0 Å². The Morgan fingerprint density at radius 2 is 2.11 bits per heavy atom. The van der Waals surface area contributed by atoms with E-state index >= 15 is 0 Å². The summed E-state index contributed by atoms with van der Waals surface area (Å²) in [5.74, 6) is 1.98. The van der Waals surface area contributed by atoms with Crippen LogP contribution in [-0.2, 0) is 7.05 Å². The van der Waals surface area contributed by atoms with E-state index in [1.165, 1.54) is 0 Å². The van der Waals surface area contributed by atoms with Gasteiger partial charge in [-0.1, -0.05) is 18.2 Å². The number of aliphatic hydroxyl groups excluding tert-OH is 1. The van der Waals surface area contributed by atoms with E-state index < -0.39 is 0 Å². The van der Waals surface area contributed by atoms with E-state index in [4.69, 9.17) is 0 Å². The Hall–Kier alpha value is -0.590. The third kappa shape index (κ3) is 4.26. The number of nitrogens with zero attached hydrogens (tertiary/aromatic N) is 3. The Morgan fingerprint density at radius 1 is 1.39 bits per heavy atom. The maximum Gasteiger partial charge on any atom is 0.190 e. The van der Waals surface area contributed by atoms with Gasteiger partial charge in [0.2, 0.25) is 0 Å². The van der Waals surface area contributed by atoms with Gasteiger partial charge in [0.1, 0.15) is 5.82 Å². The van der Waals surface area contributed by atoms with Crippen molar-refractivity contribution in [2.45, 2.75) is 43.8 Å². The van der Waals surface area contributed by atoms with Crippen molar-refractivity contribution in [3.8, 4) is 0 Å². The van der Waals surface area contributed by atoms with E-state index in [0.717, 1.165) is 36.0 Å². The lowest BCUT2D eigenvalue weighted by Gasteiger charge is -2.26. The van der Waals surface area contributed by atoms with Crippen LogP contribution in [0.4, 0.5) is 0 Å².